The first-order valence-electron chi connectivity index (χ1n) is 10.8. The predicted octanol–water partition coefficient (Wildman–Crippen LogP) is 5.64. The van der Waals surface area contributed by atoms with Gasteiger partial charge in [0.2, 0.25) is 5.91 Å². The van der Waals surface area contributed by atoms with Crippen molar-refractivity contribution in [2.45, 2.75) is 32.1 Å². The smallest absolute Gasteiger partial charge is 0.225 e. The predicted molar refractivity (Wildman–Crippen MR) is 128 cm³/mol. The third-order valence-corrected chi connectivity index (χ3v) is 6.54. The van der Waals surface area contributed by atoms with E-state index in [0.29, 0.717) is 17.9 Å². The summed E-state index contributed by atoms with van der Waals surface area (Å²) in [5.41, 5.74) is 5.70. The highest BCUT2D eigenvalue weighted by atomic mass is 32.1. The normalized spacial score (nSPS) is 12.1. The number of thiophene rings is 1. The van der Waals surface area contributed by atoms with Crippen LogP contribution in [0.25, 0.3) is 21.8 Å². The average molecular weight is 442 g/mol. The molecule has 2 N–H and O–H groups in total. The maximum Gasteiger partial charge on any atom is 0.225 e. The van der Waals surface area contributed by atoms with Gasteiger partial charge in [-0.3, -0.25) is 4.79 Å². The number of aromatic nitrogens is 2. The van der Waals surface area contributed by atoms with Gasteiger partial charge in [0, 0.05) is 12.0 Å². The average Bonchev–Trinajstić information content (AvgIpc) is 3.34. The number of aryl methyl sites for hydroxylation is 3. The molecule has 0 radical (unpaired) electrons. The van der Waals surface area contributed by atoms with Gasteiger partial charge in [-0.05, 0) is 66.5 Å². The van der Waals surface area contributed by atoms with Crippen LogP contribution in [0.4, 0.5) is 5.82 Å². The summed E-state index contributed by atoms with van der Waals surface area (Å²) in [5.74, 6) is 0.741. The first-order chi connectivity index (χ1) is 15.7. The molecule has 160 valence electrons. The number of phenols is 1. The van der Waals surface area contributed by atoms with Gasteiger partial charge in [-0.2, -0.15) is 0 Å². The Hall–Kier alpha value is -3.51. The number of anilines is 1. The molecule has 0 atom stereocenters. The van der Waals surface area contributed by atoms with Crippen molar-refractivity contribution in [2.24, 2.45) is 0 Å². The van der Waals surface area contributed by atoms with Crippen molar-refractivity contribution >= 4 is 23.1 Å². The molecule has 2 aromatic carbocycles. The van der Waals surface area contributed by atoms with Gasteiger partial charge in [-0.15, -0.1) is 11.3 Å². The number of phenolic OH excluding ortho intramolecular Hbond substituents is 1. The van der Waals surface area contributed by atoms with Crippen LogP contribution >= 0.6 is 11.3 Å². The van der Waals surface area contributed by atoms with Crippen LogP contribution in [0.3, 0.4) is 0 Å². The molecule has 32 heavy (non-hydrogen) atoms. The quantitative estimate of drug-likeness (QED) is 0.406. The third-order valence-electron chi connectivity index (χ3n) is 5.67. The summed E-state index contributed by atoms with van der Waals surface area (Å²) in [6.45, 7) is 0. The molecule has 6 heteroatoms. The minimum atomic E-state index is -0.0471. The van der Waals surface area contributed by atoms with Crippen LogP contribution in [0, 0.1) is 0 Å². The van der Waals surface area contributed by atoms with Gasteiger partial charge < -0.3 is 10.4 Å². The number of hydrogen-bond acceptors (Lipinski definition) is 5. The van der Waals surface area contributed by atoms with Crippen LogP contribution in [-0.4, -0.2) is 21.0 Å². The molecule has 0 bridgehead atoms. The lowest BCUT2D eigenvalue weighted by molar-refractivity contribution is -0.116. The van der Waals surface area contributed by atoms with Gasteiger partial charge in [0.05, 0.1) is 16.3 Å². The Bertz CT molecular complexity index is 1250. The summed E-state index contributed by atoms with van der Waals surface area (Å²) in [4.78, 5) is 23.5. The summed E-state index contributed by atoms with van der Waals surface area (Å²) in [7, 11) is 0. The highest BCUT2D eigenvalue weighted by Crippen LogP contribution is 2.37. The Morgan fingerprint density at radius 2 is 1.88 bits per heavy atom. The number of nitrogens with one attached hydrogen (secondary N) is 1. The zero-order chi connectivity index (χ0) is 21.9. The lowest BCUT2D eigenvalue weighted by Gasteiger charge is -2.21. The van der Waals surface area contributed by atoms with Crippen molar-refractivity contribution in [1.29, 1.82) is 0 Å². The number of fused-ring (bicyclic) bond motifs is 3. The van der Waals surface area contributed by atoms with Gasteiger partial charge in [0.25, 0.3) is 0 Å². The second-order valence-electron chi connectivity index (χ2n) is 7.92. The molecule has 5 rings (SSSR count). The minimum absolute atomic E-state index is 0.0471. The fraction of sp³-hybridized carbons (Fsp3) is 0.192. The summed E-state index contributed by atoms with van der Waals surface area (Å²) in [6.07, 6.45) is 3.58. The first kappa shape index (κ1) is 20.4. The number of carbonyl (C=O) groups excluding carboxylic acids is 1. The number of aromatic hydroxyl groups is 1. The Labute approximate surface area is 190 Å². The Morgan fingerprint density at radius 1 is 1.00 bits per heavy atom. The summed E-state index contributed by atoms with van der Waals surface area (Å²) in [5, 5.41) is 14.9. The van der Waals surface area contributed by atoms with Gasteiger partial charge >= 0.3 is 0 Å². The number of amides is 1. The molecule has 0 saturated carbocycles. The molecule has 0 unspecified atom stereocenters. The van der Waals surface area contributed by atoms with E-state index >= 15 is 0 Å². The van der Waals surface area contributed by atoms with E-state index in [2.05, 4.69) is 17.4 Å². The molecular weight excluding hydrogens is 418 g/mol. The van der Waals surface area contributed by atoms with Crippen LogP contribution < -0.4 is 5.32 Å². The van der Waals surface area contributed by atoms with E-state index in [1.165, 1.54) is 5.56 Å². The molecule has 1 aliphatic rings. The largest absolute Gasteiger partial charge is 0.508 e. The summed E-state index contributed by atoms with van der Waals surface area (Å²) in [6, 6.07) is 19.5. The number of rotatable bonds is 6. The molecule has 5 nitrogen and oxygen atoms in total. The lowest BCUT2D eigenvalue weighted by Crippen LogP contribution is -2.17. The van der Waals surface area contributed by atoms with E-state index < -0.39 is 0 Å². The molecule has 2 heterocycles. The van der Waals surface area contributed by atoms with Crippen molar-refractivity contribution in [3.05, 3.63) is 82.9 Å². The van der Waals surface area contributed by atoms with Crippen LogP contribution in [-0.2, 0) is 24.1 Å². The van der Waals surface area contributed by atoms with E-state index in [9.17, 15) is 9.90 Å². The summed E-state index contributed by atoms with van der Waals surface area (Å²) < 4.78 is 0. The highest BCUT2D eigenvalue weighted by molar-refractivity contribution is 7.13. The molecule has 4 aromatic rings. The van der Waals surface area contributed by atoms with E-state index in [1.54, 1.807) is 23.5 Å². The maximum absolute atomic E-state index is 12.7. The van der Waals surface area contributed by atoms with Gasteiger partial charge in [-0.1, -0.05) is 36.4 Å². The van der Waals surface area contributed by atoms with Crippen molar-refractivity contribution in [2.75, 3.05) is 5.32 Å². The van der Waals surface area contributed by atoms with E-state index in [0.717, 1.165) is 53.1 Å². The van der Waals surface area contributed by atoms with E-state index in [4.69, 9.17) is 9.97 Å². The Balaban J connectivity index is 1.41. The summed E-state index contributed by atoms with van der Waals surface area (Å²) >= 11 is 1.57. The Kier molecular flexibility index (Phi) is 5.69. The van der Waals surface area contributed by atoms with Gasteiger partial charge in [0.15, 0.2) is 5.82 Å². The minimum Gasteiger partial charge on any atom is -0.508 e. The lowest BCUT2D eigenvalue weighted by atomic mass is 9.91. The van der Waals surface area contributed by atoms with E-state index in [1.807, 2.05) is 41.8 Å². The molecule has 1 amide bonds. The van der Waals surface area contributed by atoms with Crippen molar-refractivity contribution in [1.82, 2.24) is 9.97 Å². The molecule has 1 aliphatic carbocycles. The molecule has 0 aliphatic heterocycles. The van der Waals surface area contributed by atoms with Gasteiger partial charge in [0.1, 0.15) is 11.4 Å². The molecule has 0 fully saturated rings. The third kappa shape index (κ3) is 4.27. The standard InChI is InChI=1S/C26H23N3O2S/c30-19-12-13-20-18(16-19)11-14-21-24(20)29-25(22-9-5-15-32-22)26(27-21)28-23(31)10-4-8-17-6-2-1-3-7-17/h1-3,5-7,9,12-13,15-16,30H,4,8,10-11,14H2,(H,27,28,31). The topological polar surface area (TPSA) is 75.1 Å². The molecule has 0 saturated heterocycles. The molecular formula is C26H23N3O2S. The van der Waals surface area contributed by atoms with Crippen LogP contribution in [0.15, 0.2) is 66.0 Å². The fourth-order valence-electron chi connectivity index (χ4n) is 4.10. The van der Waals surface area contributed by atoms with E-state index in [-0.39, 0.29) is 11.7 Å². The monoisotopic (exact) mass is 441 g/mol. The zero-order valence-electron chi connectivity index (χ0n) is 17.5. The second kappa shape index (κ2) is 8.93. The van der Waals surface area contributed by atoms with Gasteiger partial charge in [-0.25, -0.2) is 9.97 Å². The number of nitrogens with zero attached hydrogens (tertiary/aromatic N) is 2. The highest BCUT2D eigenvalue weighted by Gasteiger charge is 2.23. The van der Waals surface area contributed by atoms with Crippen LogP contribution in [0.5, 0.6) is 5.75 Å². The first-order valence-corrected chi connectivity index (χ1v) is 11.7. The molecule has 0 spiro atoms. The number of hydrogen-bond donors (Lipinski definition) is 2. The number of benzene rings is 2. The zero-order valence-corrected chi connectivity index (χ0v) is 18.4. The SMILES string of the molecule is O=C(CCCc1ccccc1)Nc1nc2c(nc1-c1cccs1)-c1ccc(O)cc1CC2. The van der Waals surface area contributed by atoms with Crippen LogP contribution in [0.1, 0.15) is 29.7 Å². The van der Waals surface area contributed by atoms with Crippen LogP contribution in [0.2, 0.25) is 0 Å². The Morgan fingerprint density at radius 3 is 2.69 bits per heavy atom. The number of carbonyl (C=O) groups is 1. The van der Waals surface area contributed by atoms with Crippen molar-refractivity contribution < 1.29 is 9.90 Å². The van der Waals surface area contributed by atoms with Crippen molar-refractivity contribution in [3.8, 4) is 27.6 Å². The second-order valence-corrected chi connectivity index (χ2v) is 8.87. The maximum atomic E-state index is 12.7. The van der Waals surface area contributed by atoms with Crippen molar-refractivity contribution in [3.63, 3.8) is 0 Å². The molecule has 2 aromatic heterocycles. The fourth-order valence-corrected chi connectivity index (χ4v) is 4.81.